The highest BCUT2D eigenvalue weighted by molar-refractivity contribution is 6.00. The van der Waals surface area contributed by atoms with Crippen LogP contribution in [0.1, 0.15) is 57.5 Å². The number of hydrogen-bond donors (Lipinski definition) is 3. The maximum Gasteiger partial charge on any atom is 0.251 e. The normalized spacial score (nSPS) is 14.9. The van der Waals surface area contributed by atoms with E-state index < -0.39 is 6.04 Å². The lowest BCUT2D eigenvalue weighted by Crippen LogP contribution is -2.51. The summed E-state index contributed by atoms with van der Waals surface area (Å²) in [6.07, 6.45) is 3.33. The fourth-order valence-electron chi connectivity index (χ4n) is 3.85. The van der Waals surface area contributed by atoms with Crippen LogP contribution in [0.5, 0.6) is 0 Å². The zero-order valence-electron chi connectivity index (χ0n) is 20.0. The topological polar surface area (TPSA) is 125 Å². The third-order valence-corrected chi connectivity index (χ3v) is 5.80. The van der Waals surface area contributed by atoms with Crippen LogP contribution in [0.25, 0.3) is 0 Å². The van der Waals surface area contributed by atoms with Gasteiger partial charge in [0, 0.05) is 48.3 Å². The lowest BCUT2D eigenvalue weighted by Gasteiger charge is -2.30. The fourth-order valence-corrected chi connectivity index (χ4v) is 3.85. The van der Waals surface area contributed by atoms with Crippen molar-refractivity contribution in [3.8, 4) is 11.8 Å². The molecular weight excluding hydrogens is 460 g/mol. The number of aldehydes is 1. The predicted molar refractivity (Wildman–Crippen MR) is 134 cm³/mol. The van der Waals surface area contributed by atoms with Crippen LogP contribution in [0.3, 0.4) is 0 Å². The molecule has 0 saturated carbocycles. The molecule has 9 heteroatoms. The molecule has 2 aromatic rings. The summed E-state index contributed by atoms with van der Waals surface area (Å²) in [6, 6.07) is 11.5. The molecule has 3 rings (SSSR count). The molecule has 3 N–H and O–H groups in total. The summed E-state index contributed by atoms with van der Waals surface area (Å²) in [5.74, 6) is 5.38. The van der Waals surface area contributed by atoms with Gasteiger partial charge in [0.05, 0.1) is 6.04 Å². The molecule has 2 aromatic carbocycles. The number of imide groups is 1. The van der Waals surface area contributed by atoms with Gasteiger partial charge >= 0.3 is 0 Å². The second kappa shape index (κ2) is 13.0. The van der Waals surface area contributed by atoms with Gasteiger partial charge in [-0.25, -0.2) is 0 Å². The zero-order valence-corrected chi connectivity index (χ0v) is 20.0. The van der Waals surface area contributed by atoms with E-state index in [0.29, 0.717) is 62.0 Å². The number of unbranched alkanes of at least 4 members (excludes halogenated alkanes) is 1. The van der Waals surface area contributed by atoms with Crippen molar-refractivity contribution in [2.24, 2.45) is 0 Å². The van der Waals surface area contributed by atoms with Gasteiger partial charge in [-0.1, -0.05) is 17.9 Å². The minimum atomic E-state index is -0.432. The van der Waals surface area contributed by atoms with Crippen LogP contribution in [0.2, 0.25) is 0 Å². The first kappa shape index (κ1) is 26.3. The van der Waals surface area contributed by atoms with Gasteiger partial charge in [-0.15, -0.1) is 0 Å². The van der Waals surface area contributed by atoms with E-state index in [2.05, 4.69) is 27.8 Å². The molecule has 1 unspecified atom stereocenters. The Labute approximate surface area is 209 Å². The summed E-state index contributed by atoms with van der Waals surface area (Å²) in [5, 5.41) is 7.71. The molecule has 1 aliphatic rings. The number of hydrogen-bond acceptors (Lipinski definition) is 6. The van der Waals surface area contributed by atoms with E-state index in [1.165, 1.54) is 0 Å². The fraction of sp³-hybridized carbons (Fsp3) is 0.296. The van der Waals surface area contributed by atoms with Crippen LogP contribution in [0.4, 0.5) is 5.69 Å². The monoisotopic (exact) mass is 488 g/mol. The molecule has 1 saturated heterocycles. The molecule has 1 fully saturated rings. The minimum Gasteiger partial charge on any atom is -0.352 e. The minimum absolute atomic E-state index is 0.199. The molecule has 0 aromatic heterocycles. The summed E-state index contributed by atoms with van der Waals surface area (Å²) in [5.41, 5.74) is 3.15. The summed E-state index contributed by atoms with van der Waals surface area (Å²) >= 11 is 0. The number of carbonyl (C=O) groups excluding carboxylic acids is 5. The largest absolute Gasteiger partial charge is 0.352 e. The highest BCUT2D eigenvalue weighted by atomic mass is 16.2. The van der Waals surface area contributed by atoms with Gasteiger partial charge in [-0.2, -0.15) is 0 Å². The first-order valence-electron chi connectivity index (χ1n) is 11.6. The number of nitrogens with one attached hydrogen (secondary N) is 3. The van der Waals surface area contributed by atoms with Gasteiger partial charge in [0.1, 0.15) is 6.29 Å². The first-order valence-corrected chi connectivity index (χ1v) is 11.6. The standard InChI is InChI=1S/C27H28N4O5/c1-31(24-12-13-25(34)30-27(24)36)16-22-15-19(6-7-21(22)17-32)5-3-2-4-14-28-26(35)20-8-10-23(11-9-20)29-18-33/h6-11,15,17-18,24H,2,4,12-14,16H2,1H3,(H,28,35)(H,29,33)(H,30,34,36). The second-order valence-corrected chi connectivity index (χ2v) is 8.41. The van der Waals surface area contributed by atoms with Gasteiger partial charge in [-0.05, 0) is 61.9 Å². The average molecular weight is 489 g/mol. The Balaban J connectivity index is 1.50. The predicted octanol–water partition coefficient (Wildman–Crippen LogP) is 1.87. The third-order valence-electron chi connectivity index (χ3n) is 5.80. The van der Waals surface area contributed by atoms with Crippen molar-refractivity contribution < 1.29 is 24.0 Å². The van der Waals surface area contributed by atoms with Gasteiger partial charge in [0.15, 0.2) is 0 Å². The van der Waals surface area contributed by atoms with Crippen LogP contribution in [-0.2, 0) is 20.9 Å². The second-order valence-electron chi connectivity index (χ2n) is 8.41. The lowest BCUT2D eigenvalue weighted by molar-refractivity contribution is -0.137. The van der Waals surface area contributed by atoms with Gasteiger partial charge < -0.3 is 10.6 Å². The van der Waals surface area contributed by atoms with Gasteiger partial charge in [0.2, 0.25) is 18.2 Å². The van der Waals surface area contributed by atoms with Crippen molar-refractivity contribution in [1.29, 1.82) is 0 Å². The summed E-state index contributed by atoms with van der Waals surface area (Å²) in [7, 11) is 1.79. The van der Waals surface area contributed by atoms with Crippen molar-refractivity contribution in [2.75, 3.05) is 18.9 Å². The van der Waals surface area contributed by atoms with E-state index in [4.69, 9.17) is 0 Å². The molecule has 1 heterocycles. The molecule has 0 spiro atoms. The number of benzene rings is 2. The van der Waals surface area contributed by atoms with Crippen molar-refractivity contribution in [3.05, 3.63) is 64.7 Å². The molecule has 1 aliphatic heterocycles. The van der Waals surface area contributed by atoms with Gasteiger partial charge in [-0.3, -0.25) is 34.2 Å². The summed E-state index contributed by atoms with van der Waals surface area (Å²) in [4.78, 5) is 59.5. The van der Waals surface area contributed by atoms with E-state index in [1.54, 1.807) is 43.4 Å². The molecule has 4 amide bonds. The highest BCUT2D eigenvalue weighted by Crippen LogP contribution is 2.17. The zero-order chi connectivity index (χ0) is 25.9. The number of nitrogens with zero attached hydrogens (tertiary/aromatic N) is 1. The Morgan fingerprint density at radius 3 is 2.64 bits per heavy atom. The molecule has 0 radical (unpaired) electrons. The molecule has 186 valence electrons. The van der Waals surface area contributed by atoms with Crippen LogP contribution >= 0.6 is 0 Å². The van der Waals surface area contributed by atoms with Gasteiger partial charge in [0.25, 0.3) is 5.91 Å². The molecule has 36 heavy (non-hydrogen) atoms. The van der Waals surface area contributed by atoms with E-state index >= 15 is 0 Å². The SMILES string of the molecule is CN(Cc1cc(C#CCCCNC(=O)c2ccc(NC=O)cc2)ccc1C=O)C1CCC(=O)NC1=O. The maximum absolute atomic E-state index is 12.2. The van der Waals surface area contributed by atoms with Crippen LogP contribution in [-0.4, -0.2) is 55.0 Å². The van der Waals surface area contributed by atoms with Crippen LogP contribution in [0.15, 0.2) is 42.5 Å². The van der Waals surface area contributed by atoms with E-state index in [9.17, 15) is 24.0 Å². The quantitative estimate of drug-likeness (QED) is 0.203. The Morgan fingerprint density at radius 2 is 1.94 bits per heavy atom. The number of carbonyl (C=O) groups is 5. The van der Waals surface area contributed by atoms with Crippen LogP contribution in [0, 0.1) is 11.8 Å². The number of anilines is 1. The molecule has 0 aliphatic carbocycles. The Bertz CT molecular complexity index is 1200. The van der Waals surface area contributed by atoms with E-state index in [0.717, 1.165) is 17.4 Å². The molecule has 1 atom stereocenters. The number of likely N-dealkylation sites (N-methyl/N-ethyl adjacent to an activating group) is 1. The Kier molecular flexibility index (Phi) is 9.48. The lowest BCUT2D eigenvalue weighted by atomic mass is 10.0. The molecular formula is C27H28N4O5. The van der Waals surface area contributed by atoms with Crippen LogP contribution < -0.4 is 16.0 Å². The Morgan fingerprint density at radius 1 is 1.17 bits per heavy atom. The Hall–Kier alpha value is -4.29. The smallest absolute Gasteiger partial charge is 0.251 e. The molecule has 9 nitrogen and oxygen atoms in total. The van der Waals surface area contributed by atoms with Crippen molar-refractivity contribution in [3.63, 3.8) is 0 Å². The first-order chi connectivity index (χ1) is 17.4. The summed E-state index contributed by atoms with van der Waals surface area (Å²) < 4.78 is 0. The third kappa shape index (κ3) is 7.35. The number of amides is 4. The van der Waals surface area contributed by atoms with Crippen molar-refractivity contribution >= 4 is 36.1 Å². The van der Waals surface area contributed by atoms with Crippen molar-refractivity contribution in [2.45, 2.75) is 38.3 Å². The van der Waals surface area contributed by atoms with Crippen molar-refractivity contribution in [1.82, 2.24) is 15.5 Å². The summed E-state index contributed by atoms with van der Waals surface area (Å²) in [6.45, 7) is 0.835. The molecule has 0 bridgehead atoms. The van der Waals surface area contributed by atoms with E-state index in [1.807, 2.05) is 11.0 Å². The van der Waals surface area contributed by atoms with E-state index in [-0.39, 0.29) is 17.7 Å². The maximum atomic E-state index is 12.2. The highest BCUT2D eigenvalue weighted by Gasteiger charge is 2.29. The number of rotatable bonds is 10. The number of piperidine rings is 1. The average Bonchev–Trinajstić information content (AvgIpc) is 2.86.